The van der Waals surface area contributed by atoms with Crippen LogP contribution >= 0.6 is 34.4 Å². The van der Waals surface area contributed by atoms with Crippen molar-refractivity contribution in [1.82, 2.24) is 15.2 Å². The maximum atomic E-state index is 4.04. The number of nitrogens with one attached hydrogen (secondary N) is 1. The second-order valence-electron chi connectivity index (χ2n) is 2.71. The van der Waals surface area contributed by atoms with Crippen molar-refractivity contribution in [2.45, 2.75) is 10.9 Å². The second kappa shape index (κ2) is 4.79. The molecule has 0 aliphatic carbocycles. The van der Waals surface area contributed by atoms with E-state index in [9.17, 15) is 0 Å². The van der Waals surface area contributed by atoms with Gasteiger partial charge in [-0.1, -0.05) is 23.9 Å². The molecule has 0 amide bonds. The summed E-state index contributed by atoms with van der Waals surface area (Å²) in [5, 5.41) is 7.47. The summed E-state index contributed by atoms with van der Waals surface area (Å²) in [6.45, 7) is 0. The smallest absolute Gasteiger partial charge is 0.183 e. The molecular formula is C9H8IN3S. The number of H-pyrrole nitrogens is 1. The van der Waals surface area contributed by atoms with E-state index >= 15 is 0 Å². The molecule has 2 rings (SSSR count). The van der Waals surface area contributed by atoms with Gasteiger partial charge in [0.25, 0.3) is 0 Å². The van der Waals surface area contributed by atoms with Crippen LogP contribution in [0.3, 0.4) is 0 Å². The molecule has 0 saturated heterocycles. The van der Waals surface area contributed by atoms with Gasteiger partial charge in [-0.05, 0) is 40.3 Å². The largest absolute Gasteiger partial charge is 0.254 e. The molecule has 0 spiro atoms. The van der Waals surface area contributed by atoms with Crippen molar-refractivity contribution >= 4 is 34.4 Å². The Balaban J connectivity index is 1.95. The van der Waals surface area contributed by atoms with E-state index in [-0.39, 0.29) is 0 Å². The molecule has 1 N–H and O–H groups in total. The highest BCUT2D eigenvalue weighted by molar-refractivity contribution is 14.1. The molecule has 14 heavy (non-hydrogen) atoms. The number of rotatable bonds is 3. The number of aromatic nitrogens is 3. The van der Waals surface area contributed by atoms with Crippen LogP contribution in [0.2, 0.25) is 0 Å². The standard InChI is InChI=1S/C9H8IN3S/c10-8-3-1-7(2-4-8)5-14-9-11-6-12-13-9/h1-4,6H,5H2,(H,11,12,13). The van der Waals surface area contributed by atoms with Gasteiger partial charge in [0, 0.05) is 9.32 Å². The van der Waals surface area contributed by atoms with Gasteiger partial charge in [-0.25, -0.2) is 4.98 Å². The molecule has 2 aromatic rings. The van der Waals surface area contributed by atoms with Crippen LogP contribution in [-0.2, 0) is 5.75 Å². The van der Waals surface area contributed by atoms with Crippen molar-refractivity contribution in [1.29, 1.82) is 0 Å². The molecule has 5 heteroatoms. The van der Waals surface area contributed by atoms with E-state index in [0.29, 0.717) is 0 Å². The molecule has 0 fully saturated rings. The molecule has 0 saturated carbocycles. The SMILES string of the molecule is Ic1ccc(CSc2ncn[nH]2)cc1. The summed E-state index contributed by atoms with van der Waals surface area (Å²) in [7, 11) is 0. The molecule has 0 radical (unpaired) electrons. The Labute approximate surface area is 99.9 Å². The topological polar surface area (TPSA) is 41.6 Å². The van der Waals surface area contributed by atoms with E-state index in [4.69, 9.17) is 0 Å². The predicted molar refractivity (Wildman–Crippen MR) is 65.1 cm³/mol. The number of nitrogens with zero attached hydrogens (tertiary/aromatic N) is 2. The van der Waals surface area contributed by atoms with Crippen molar-refractivity contribution in [3.05, 3.63) is 39.7 Å². The highest BCUT2D eigenvalue weighted by Gasteiger charge is 1.97. The second-order valence-corrected chi connectivity index (χ2v) is 4.92. The summed E-state index contributed by atoms with van der Waals surface area (Å²) < 4.78 is 1.26. The first-order valence-electron chi connectivity index (χ1n) is 4.07. The number of aromatic amines is 1. The quantitative estimate of drug-likeness (QED) is 0.699. The fraction of sp³-hybridized carbons (Fsp3) is 0.111. The third-order valence-electron chi connectivity index (χ3n) is 1.68. The first-order chi connectivity index (χ1) is 6.84. The Kier molecular flexibility index (Phi) is 3.41. The maximum Gasteiger partial charge on any atom is 0.183 e. The predicted octanol–water partition coefficient (Wildman–Crippen LogP) is 2.70. The lowest BCUT2D eigenvalue weighted by Crippen LogP contribution is -1.82. The van der Waals surface area contributed by atoms with Crippen LogP contribution in [0.5, 0.6) is 0 Å². The Morgan fingerprint density at radius 1 is 1.29 bits per heavy atom. The zero-order valence-electron chi connectivity index (χ0n) is 7.27. The van der Waals surface area contributed by atoms with Crippen molar-refractivity contribution in [2.24, 2.45) is 0 Å². The zero-order valence-corrected chi connectivity index (χ0v) is 10.2. The van der Waals surface area contributed by atoms with E-state index < -0.39 is 0 Å². The fourth-order valence-corrected chi connectivity index (χ4v) is 2.09. The van der Waals surface area contributed by atoms with Crippen LogP contribution in [-0.4, -0.2) is 15.2 Å². The van der Waals surface area contributed by atoms with E-state index in [1.807, 2.05) is 0 Å². The van der Waals surface area contributed by atoms with Crippen molar-refractivity contribution in [2.75, 3.05) is 0 Å². The van der Waals surface area contributed by atoms with Gasteiger partial charge < -0.3 is 0 Å². The molecule has 1 aromatic heterocycles. The molecule has 0 aliphatic rings. The van der Waals surface area contributed by atoms with Crippen LogP contribution in [0, 0.1) is 3.57 Å². The van der Waals surface area contributed by atoms with Gasteiger partial charge in [-0.2, -0.15) is 5.10 Å². The third kappa shape index (κ3) is 2.71. The zero-order chi connectivity index (χ0) is 9.80. The van der Waals surface area contributed by atoms with Gasteiger partial charge in [0.2, 0.25) is 0 Å². The Morgan fingerprint density at radius 3 is 2.71 bits per heavy atom. The summed E-state index contributed by atoms with van der Waals surface area (Å²) in [6.07, 6.45) is 1.52. The minimum atomic E-state index is 0.864. The van der Waals surface area contributed by atoms with Crippen LogP contribution < -0.4 is 0 Å². The average Bonchev–Trinajstić information content (AvgIpc) is 2.70. The third-order valence-corrected chi connectivity index (χ3v) is 3.35. The minimum absolute atomic E-state index is 0.864. The lowest BCUT2D eigenvalue weighted by Gasteiger charge is -1.98. The summed E-state index contributed by atoms with van der Waals surface area (Å²) in [4.78, 5) is 4.04. The van der Waals surface area contributed by atoms with Crippen LogP contribution in [0.15, 0.2) is 35.7 Å². The number of hydrogen-bond donors (Lipinski definition) is 1. The molecule has 1 heterocycles. The number of hydrogen-bond acceptors (Lipinski definition) is 3. The van der Waals surface area contributed by atoms with Gasteiger partial charge in [0.05, 0.1) is 0 Å². The molecule has 0 atom stereocenters. The van der Waals surface area contributed by atoms with E-state index in [2.05, 4.69) is 62.0 Å². The summed E-state index contributed by atoms with van der Waals surface area (Å²) in [6, 6.07) is 8.48. The Hall–Kier alpha value is -0.560. The monoisotopic (exact) mass is 317 g/mol. The number of benzene rings is 1. The van der Waals surface area contributed by atoms with Gasteiger partial charge in [-0.3, -0.25) is 5.10 Å². The van der Waals surface area contributed by atoms with Crippen molar-refractivity contribution in [3.63, 3.8) is 0 Å². The lowest BCUT2D eigenvalue weighted by atomic mass is 10.2. The molecule has 0 aliphatic heterocycles. The first kappa shape index (κ1) is 9.97. The fourth-order valence-electron chi connectivity index (χ4n) is 0.996. The average molecular weight is 317 g/mol. The Morgan fingerprint density at radius 2 is 2.07 bits per heavy atom. The van der Waals surface area contributed by atoms with E-state index in [1.165, 1.54) is 15.5 Å². The van der Waals surface area contributed by atoms with Gasteiger partial charge in [0.15, 0.2) is 5.16 Å². The number of halogens is 1. The summed E-state index contributed by atoms with van der Waals surface area (Å²) in [5.74, 6) is 0.923. The van der Waals surface area contributed by atoms with Gasteiger partial charge in [-0.15, -0.1) is 0 Å². The lowest BCUT2D eigenvalue weighted by molar-refractivity contribution is 0.973. The minimum Gasteiger partial charge on any atom is -0.254 e. The first-order valence-corrected chi connectivity index (χ1v) is 6.13. The Bertz CT molecular complexity index is 385. The van der Waals surface area contributed by atoms with Gasteiger partial charge in [0.1, 0.15) is 6.33 Å². The van der Waals surface area contributed by atoms with E-state index in [0.717, 1.165) is 10.9 Å². The molecule has 0 bridgehead atoms. The highest BCUT2D eigenvalue weighted by Crippen LogP contribution is 2.18. The van der Waals surface area contributed by atoms with E-state index in [1.54, 1.807) is 11.8 Å². The van der Waals surface area contributed by atoms with Gasteiger partial charge >= 0.3 is 0 Å². The summed E-state index contributed by atoms with van der Waals surface area (Å²) in [5.41, 5.74) is 1.30. The summed E-state index contributed by atoms with van der Waals surface area (Å²) >= 11 is 3.95. The highest BCUT2D eigenvalue weighted by atomic mass is 127. The van der Waals surface area contributed by atoms with Crippen LogP contribution in [0.25, 0.3) is 0 Å². The normalized spacial score (nSPS) is 10.4. The molecular weight excluding hydrogens is 309 g/mol. The molecule has 72 valence electrons. The van der Waals surface area contributed by atoms with Crippen molar-refractivity contribution in [3.8, 4) is 0 Å². The molecule has 0 unspecified atom stereocenters. The van der Waals surface area contributed by atoms with Crippen LogP contribution in [0.4, 0.5) is 0 Å². The van der Waals surface area contributed by atoms with Crippen LogP contribution in [0.1, 0.15) is 5.56 Å². The molecule has 3 nitrogen and oxygen atoms in total. The number of thioether (sulfide) groups is 1. The molecule has 1 aromatic carbocycles. The maximum absolute atomic E-state index is 4.04. The van der Waals surface area contributed by atoms with Crippen molar-refractivity contribution < 1.29 is 0 Å².